The molecule has 0 atom stereocenters. The van der Waals surface area contributed by atoms with Crippen LogP contribution in [0.1, 0.15) is 10.4 Å². The number of aromatic nitrogens is 1. The van der Waals surface area contributed by atoms with Gasteiger partial charge in [0.2, 0.25) is 10.0 Å². The summed E-state index contributed by atoms with van der Waals surface area (Å²) in [6.45, 7) is 7.30. The van der Waals surface area contributed by atoms with Gasteiger partial charge in [0.15, 0.2) is 4.80 Å². The number of benzene rings is 2. The van der Waals surface area contributed by atoms with Crippen molar-refractivity contribution >= 4 is 43.5 Å². The number of carbonyl (C=O) groups is 2. The van der Waals surface area contributed by atoms with E-state index in [2.05, 4.69) is 18.2 Å². The second-order valence-corrected chi connectivity index (χ2v) is 10.2. The molecule has 0 aliphatic rings. The van der Waals surface area contributed by atoms with Gasteiger partial charge in [0.1, 0.15) is 12.3 Å². The fourth-order valence-corrected chi connectivity index (χ4v) is 5.68. The molecule has 0 spiro atoms. The summed E-state index contributed by atoms with van der Waals surface area (Å²) in [6, 6.07) is 10.8. The third-order valence-corrected chi connectivity index (χ3v) is 7.89. The molecule has 0 N–H and O–H groups in total. The molecular weight excluding hydrogens is 490 g/mol. The van der Waals surface area contributed by atoms with Crippen LogP contribution >= 0.6 is 11.3 Å². The third kappa shape index (κ3) is 5.76. The van der Waals surface area contributed by atoms with Gasteiger partial charge in [0.05, 0.1) is 29.3 Å². The van der Waals surface area contributed by atoms with Gasteiger partial charge in [0.25, 0.3) is 5.91 Å². The molecule has 1 aromatic heterocycles. The third-order valence-electron chi connectivity index (χ3n) is 5.01. The van der Waals surface area contributed by atoms with Gasteiger partial charge in [-0.05, 0) is 42.5 Å². The summed E-state index contributed by atoms with van der Waals surface area (Å²) in [5.74, 6) is -0.451. The van der Waals surface area contributed by atoms with Gasteiger partial charge in [0, 0.05) is 18.7 Å². The number of nitrogens with zero attached hydrogens (tertiary/aromatic N) is 3. The molecule has 11 heteroatoms. The second-order valence-electron chi connectivity index (χ2n) is 7.22. The minimum absolute atomic E-state index is 0.0347. The topological polar surface area (TPSA) is 107 Å². The van der Waals surface area contributed by atoms with Crippen molar-refractivity contribution in [3.05, 3.63) is 78.1 Å². The SMILES string of the molecule is C=CCN(CC=C)S(=O)(=O)c1ccc(C(=O)N=c2sc3cc(OC)ccc3n2CC(=O)OC)cc1. The number of fused-ring (bicyclic) bond motifs is 1. The first-order chi connectivity index (χ1) is 16.7. The summed E-state index contributed by atoms with van der Waals surface area (Å²) < 4.78 is 39.4. The number of hydrogen-bond acceptors (Lipinski definition) is 7. The minimum atomic E-state index is -3.79. The second kappa shape index (κ2) is 11.3. The Hall–Kier alpha value is -3.54. The number of esters is 1. The molecule has 0 unspecified atom stereocenters. The lowest BCUT2D eigenvalue weighted by molar-refractivity contribution is -0.141. The predicted octanol–water partition coefficient (Wildman–Crippen LogP) is 2.99. The standard InChI is InChI=1S/C24H25N3O6S2/c1-5-13-26(14-6-2)35(30,31)19-10-7-17(8-11-19)23(29)25-24-27(16-22(28)33-4)20-12-9-18(32-3)15-21(20)34-24/h5-12,15H,1-2,13-14,16H2,3-4H3. The number of sulfonamides is 1. The first kappa shape index (κ1) is 26.1. The van der Waals surface area contributed by atoms with Gasteiger partial charge >= 0.3 is 5.97 Å². The number of ether oxygens (including phenoxy) is 2. The summed E-state index contributed by atoms with van der Waals surface area (Å²) in [6.07, 6.45) is 2.98. The van der Waals surface area contributed by atoms with Crippen LogP contribution in [-0.2, 0) is 26.1 Å². The average molecular weight is 516 g/mol. The number of hydrogen-bond donors (Lipinski definition) is 0. The molecule has 9 nitrogen and oxygen atoms in total. The van der Waals surface area contributed by atoms with E-state index in [1.807, 2.05) is 0 Å². The molecule has 184 valence electrons. The first-order valence-corrected chi connectivity index (χ1v) is 12.7. The van der Waals surface area contributed by atoms with Crippen molar-refractivity contribution in [1.29, 1.82) is 0 Å². The van der Waals surface area contributed by atoms with Crippen LogP contribution in [0.5, 0.6) is 5.75 Å². The van der Waals surface area contributed by atoms with E-state index in [1.54, 1.807) is 29.9 Å². The maximum absolute atomic E-state index is 12.9. The van der Waals surface area contributed by atoms with Gasteiger partial charge in [-0.1, -0.05) is 23.5 Å². The zero-order valence-electron chi connectivity index (χ0n) is 19.3. The summed E-state index contributed by atoms with van der Waals surface area (Å²) >= 11 is 1.22. The molecule has 0 fully saturated rings. The Balaban J connectivity index is 2.00. The minimum Gasteiger partial charge on any atom is -0.497 e. The van der Waals surface area contributed by atoms with Crippen LogP contribution in [0, 0.1) is 0 Å². The largest absolute Gasteiger partial charge is 0.497 e. The van der Waals surface area contributed by atoms with Crippen LogP contribution in [-0.4, -0.2) is 56.5 Å². The van der Waals surface area contributed by atoms with Crippen LogP contribution in [0.4, 0.5) is 0 Å². The van der Waals surface area contributed by atoms with Crippen molar-refractivity contribution < 1.29 is 27.5 Å². The molecule has 0 saturated carbocycles. The smallest absolute Gasteiger partial charge is 0.325 e. The molecule has 0 saturated heterocycles. The fraction of sp³-hybridized carbons (Fsp3) is 0.208. The lowest BCUT2D eigenvalue weighted by Crippen LogP contribution is -2.31. The maximum Gasteiger partial charge on any atom is 0.325 e. The predicted molar refractivity (Wildman–Crippen MR) is 134 cm³/mol. The Morgan fingerprint density at radius 1 is 1.09 bits per heavy atom. The summed E-state index contributed by atoms with van der Waals surface area (Å²) in [7, 11) is -0.964. The van der Waals surface area contributed by atoms with Crippen molar-refractivity contribution in [3.63, 3.8) is 0 Å². The Bertz CT molecular complexity index is 1430. The quantitative estimate of drug-likeness (QED) is 0.304. The Kier molecular flexibility index (Phi) is 8.39. The Morgan fingerprint density at radius 2 is 1.74 bits per heavy atom. The van der Waals surface area contributed by atoms with Crippen molar-refractivity contribution in [3.8, 4) is 5.75 Å². The monoisotopic (exact) mass is 515 g/mol. The summed E-state index contributed by atoms with van der Waals surface area (Å²) in [4.78, 5) is 29.4. The molecule has 3 rings (SSSR count). The Morgan fingerprint density at radius 3 is 2.31 bits per heavy atom. The van der Waals surface area contributed by atoms with E-state index in [-0.39, 0.29) is 30.1 Å². The number of carbonyl (C=O) groups excluding carboxylic acids is 2. The van der Waals surface area contributed by atoms with E-state index in [0.29, 0.717) is 16.1 Å². The van der Waals surface area contributed by atoms with Gasteiger partial charge in [-0.25, -0.2) is 8.42 Å². The van der Waals surface area contributed by atoms with Crippen LogP contribution in [0.15, 0.2) is 77.7 Å². The molecule has 2 aromatic carbocycles. The van der Waals surface area contributed by atoms with E-state index in [1.165, 1.54) is 59.2 Å². The fourth-order valence-electron chi connectivity index (χ4n) is 3.24. The van der Waals surface area contributed by atoms with E-state index < -0.39 is 21.9 Å². The van der Waals surface area contributed by atoms with Gasteiger partial charge in [-0.15, -0.1) is 13.2 Å². The Labute approximate surface area is 207 Å². The molecular formula is C24H25N3O6S2. The molecule has 0 aliphatic heterocycles. The summed E-state index contributed by atoms with van der Waals surface area (Å²) in [5.41, 5.74) is 0.890. The zero-order valence-corrected chi connectivity index (χ0v) is 21.0. The van der Waals surface area contributed by atoms with Crippen LogP contribution < -0.4 is 9.54 Å². The summed E-state index contributed by atoms with van der Waals surface area (Å²) in [5, 5.41) is 0. The number of amides is 1. The normalized spacial score (nSPS) is 12.0. The lowest BCUT2D eigenvalue weighted by Gasteiger charge is -2.19. The van der Waals surface area contributed by atoms with Crippen LogP contribution in [0.3, 0.4) is 0 Å². The molecule has 3 aromatic rings. The first-order valence-electron chi connectivity index (χ1n) is 10.4. The highest BCUT2D eigenvalue weighted by Crippen LogP contribution is 2.23. The van der Waals surface area contributed by atoms with Gasteiger partial charge < -0.3 is 14.0 Å². The van der Waals surface area contributed by atoms with Crippen molar-refractivity contribution in [2.75, 3.05) is 27.3 Å². The lowest BCUT2D eigenvalue weighted by atomic mass is 10.2. The molecule has 1 heterocycles. The van der Waals surface area contributed by atoms with Gasteiger partial charge in [-0.3, -0.25) is 9.59 Å². The van der Waals surface area contributed by atoms with E-state index in [0.717, 1.165) is 4.70 Å². The zero-order chi connectivity index (χ0) is 25.6. The van der Waals surface area contributed by atoms with Crippen molar-refractivity contribution in [2.45, 2.75) is 11.4 Å². The van der Waals surface area contributed by atoms with Crippen molar-refractivity contribution in [1.82, 2.24) is 8.87 Å². The van der Waals surface area contributed by atoms with E-state index in [9.17, 15) is 18.0 Å². The van der Waals surface area contributed by atoms with Gasteiger partial charge in [-0.2, -0.15) is 9.30 Å². The van der Waals surface area contributed by atoms with E-state index >= 15 is 0 Å². The van der Waals surface area contributed by atoms with Crippen LogP contribution in [0.2, 0.25) is 0 Å². The molecule has 0 bridgehead atoms. The highest BCUT2D eigenvalue weighted by Gasteiger charge is 2.22. The molecule has 0 radical (unpaired) electrons. The molecule has 1 amide bonds. The average Bonchev–Trinajstić information content (AvgIpc) is 3.19. The highest BCUT2D eigenvalue weighted by atomic mass is 32.2. The van der Waals surface area contributed by atoms with Crippen molar-refractivity contribution in [2.24, 2.45) is 4.99 Å². The maximum atomic E-state index is 12.9. The molecule has 35 heavy (non-hydrogen) atoms. The number of thiazole rings is 1. The van der Waals surface area contributed by atoms with E-state index in [4.69, 9.17) is 9.47 Å². The number of methoxy groups -OCH3 is 2. The number of rotatable bonds is 10. The highest BCUT2D eigenvalue weighted by molar-refractivity contribution is 7.89. The molecule has 0 aliphatic carbocycles. The van der Waals surface area contributed by atoms with Crippen LogP contribution in [0.25, 0.3) is 10.2 Å².